The van der Waals surface area contributed by atoms with Crippen molar-refractivity contribution in [1.29, 1.82) is 0 Å². The fraction of sp³-hybridized carbons (Fsp3) is 0.0345. The minimum atomic E-state index is -0.199. The summed E-state index contributed by atoms with van der Waals surface area (Å²) in [6, 6.07) is 28.2. The Balaban J connectivity index is 1.47. The summed E-state index contributed by atoms with van der Waals surface area (Å²) in [7, 11) is 0. The molecule has 37 heavy (non-hydrogen) atoms. The molecule has 4 aromatic rings. The van der Waals surface area contributed by atoms with Crippen LogP contribution < -0.4 is 9.75 Å². The second kappa shape index (κ2) is 11.2. The summed E-state index contributed by atoms with van der Waals surface area (Å²) >= 11 is 19.5. The molecule has 0 saturated heterocycles. The van der Waals surface area contributed by atoms with Crippen LogP contribution >= 0.6 is 55.1 Å². The fourth-order valence-corrected chi connectivity index (χ4v) is 5.77. The lowest BCUT2D eigenvalue weighted by Gasteiger charge is -2.13. The van der Waals surface area contributed by atoms with Gasteiger partial charge in [-0.2, -0.15) is 10.1 Å². The molecular weight excluding hydrogens is 639 g/mol. The Hall–Kier alpha value is -2.90. The van der Waals surface area contributed by atoms with Crippen molar-refractivity contribution in [1.82, 2.24) is 0 Å². The lowest BCUT2D eigenvalue weighted by molar-refractivity contribution is -0.114. The maximum Gasteiger partial charge on any atom is 0.281 e. The molecule has 1 aliphatic heterocycles. The fourth-order valence-electron chi connectivity index (χ4n) is 3.85. The van der Waals surface area contributed by atoms with Crippen molar-refractivity contribution < 1.29 is 9.53 Å². The lowest BCUT2D eigenvalue weighted by atomic mass is 10.0. The van der Waals surface area contributed by atoms with E-state index in [0.29, 0.717) is 32.8 Å². The summed E-state index contributed by atoms with van der Waals surface area (Å²) in [4.78, 5) is 13.5. The summed E-state index contributed by atoms with van der Waals surface area (Å²) in [5, 5.41) is 7.23. The average molecular weight is 657 g/mol. The summed E-state index contributed by atoms with van der Waals surface area (Å²) < 4.78 is 7.49. The molecule has 4 aromatic carbocycles. The highest BCUT2D eigenvalue weighted by atomic mass is 79.9. The van der Waals surface area contributed by atoms with E-state index in [-0.39, 0.29) is 12.5 Å². The van der Waals surface area contributed by atoms with Gasteiger partial charge in [0, 0.05) is 21.2 Å². The SMILES string of the molecule is O=C1/C(=C\c2cc(Br)c(OCc3ccc(Cl)cc3Cl)c(Br)c2)C(c2ccccc2)=NN1c1ccccc1. The van der Waals surface area contributed by atoms with E-state index in [0.717, 1.165) is 25.6 Å². The molecule has 0 atom stereocenters. The number of hydrogen-bond acceptors (Lipinski definition) is 3. The maximum atomic E-state index is 13.5. The van der Waals surface area contributed by atoms with Crippen LogP contribution in [-0.2, 0) is 11.4 Å². The molecule has 0 unspecified atom stereocenters. The number of carbonyl (C=O) groups is 1. The molecular formula is C29H18Br2Cl2N2O2. The van der Waals surface area contributed by atoms with Crippen molar-refractivity contribution >= 4 is 78.4 Å². The Bertz CT molecular complexity index is 1520. The van der Waals surface area contributed by atoms with Gasteiger partial charge in [0.25, 0.3) is 5.91 Å². The van der Waals surface area contributed by atoms with Crippen molar-refractivity contribution in [2.75, 3.05) is 5.01 Å². The molecule has 0 spiro atoms. The summed E-state index contributed by atoms with van der Waals surface area (Å²) in [5.74, 6) is 0.420. The highest BCUT2D eigenvalue weighted by Gasteiger charge is 2.32. The van der Waals surface area contributed by atoms with Gasteiger partial charge >= 0.3 is 0 Å². The van der Waals surface area contributed by atoms with Gasteiger partial charge in [0.15, 0.2) is 0 Å². The van der Waals surface area contributed by atoms with Gasteiger partial charge in [-0.05, 0) is 79.9 Å². The summed E-state index contributed by atoms with van der Waals surface area (Å²) in [5.41, 5.74) is 4.29. The number of hydrazone groups is 1. The largest absolute Gasteiger partial charge is 0.486 e. The predicted molar refractivity (Wildman–Crippen MR) is 158 cm³/mol. The predicted octanol–water partition coefficient (Wildman–Crippen LogP) is 8.93. The van der Waals surface area contributed by atoms with Crippen LogP contribution in [0.1, 0.15) is 16.7 Å². The second-order valence-corrected chi connectivity index (χ2v) is 10.7. The van der Waals surface area contributed by atoms with Gasteiger partial charge in [0.2, 0.25) is 0 Å². The third-order valence-corrected chi connectivity index (χ3v) is 7.41. The normalized spacial score (nSPS) is 14.3. The van der Waals surface area contributed by atoms with Crippen LogP contribution in [0.25, 0.3) is 6.08 Å². The number of amides is 1. The molecule has 0 N–H and O–H groups in total. The molecule has 0 fully saturated rings. The Labute approximate surface area is 241 Å². The minimum Gasteiger partial charge on any atom is -0.486 e. The van der Waals surface area contributed by atoms with E-state index in [2.05, 4.69) is 37.0 Å². The van der Waals surface area contributed by atoms with Crippen LogP contribution in [0.15, 0.2) is 111 Å². The van der Waals surface area contributed by atoms with Gasteiger partial charge in [-0.15, -0.1) is 0 Å². The first-order valence-corrected chi connectivity index (χ1v) is 13.6. The number of rotatable bonds is 6. The van der Waals surface area contributed by atoms with Crippen LogP contribution in [0.3, 0.4) is 0 Å². The molecule has 5 rings (SSSR count). The van der Waals surface area contributed by atoms with E-state index in [1.54, 1.807) is 12.1 Å². The molecule has 8 heteroatoms. The Morgan fingerprint density at radius 1 is 0.865 bits per heavy atom. The molecule has 1 aliphatic rings. The van der Waals surface area contributed by atoms with Gasteiger partial charge in [0.05, 0.1) is 20.2 Å². The number of hydrogen-bond donors (Lipinski definition) is 0. The van der Waals surface area contributed by atoms with Crippen LogP contribution in [0.4, 0.5) is 5.69 Å². The Morgan fingerprint density at radius 2 is 1.51 bits per heavy atom. The van der Waals surface area contributed by atoms with E-state index in [1.807, 2.05) is 84.9 Å². The first-order chi connectivity index (χ1) is 17.9. The first-order valence-electron chi connectivity index (χ1n) is 11.2. The number of benzene rings is 4. The number of nitrogens with zero attached hydrogens (tertiary/aromatic N) is 2. The van der Waals surface area contributed by atoms with Gasteiger partial charge in [0.1, 0.15) is 18.1 Å². The highest BCUT2D eigenvalue weighted by molar-refractivity contribution is 9.11. The molecule has 0 saturated carbocycles. The van der Waals surface area contributed by atoms with E-state index in [4.69, 9.17) is 27.9 Å². The Kier molecular flexibility index (Phi) is 7.81. The number of ether oxygens (including phenoxy) is 1. The van der Waals surface area contributed by atoms with Crippen LogP contribution in [0.5, 0.6) is 5.75 Å². The number of halogens is 4. The van der Waals surface area contributed by atoms with Crippen molar-refractivity contribution in [3.8, 4) is 5.75 Å². The zero-order valence-corrected chi connectivity index (χ0v) is 23.9. The van der Waals surface area contributed by atoms with Gasteiger partial charge < -0.3 is 4.74 Å². The van der Waals surface area contributed by atoms with Crippen LogP contribution in [0.2, 0.25) is 10.0 Å². The van der Waals surface area contributed by atoms with E-state index in [9.17, 15) is 4.79 Å². The monoisotopic (exact) mass is 654 g/mol. The first kappa shape index (κ1) is 25.7. The average Bonchev–Trinajstić information content (AvgIpc) is 3.21. The summed E-state index contributed by atoms with van der Waals surface area (Å²) in [6.45, 7) is 0.267. The third-order valence-electron chi connectivity index (χ3n) is 5.64. The molecule has 0 aliphatic carbocycles. The second-order valence-electron chi connectivity index (χ2n) is 8.16. The van der Waals surface area contributed by atoms with Crippen LogP contribution in [-0.4, -0.2) is 11.6 Å². The van der Waals surface area contributed by atoms with Crippen molar-refractivity contribution in [2.45, 2.75) is 6.61 Å². The van der Waals surface area contributed by atoms with E-state index < -0.39 is 0 Å². The van der Waals surface area contributed by atoms with Gasteiger partial charge in [-0.1, -0.05) is 77.8 Å². The molecule has 0 radical (unpaired) electrons. The topological polar surface area (TPSA) is 41.9 Å². The maximum absolute atomic E-state index is 13.5. The van der Waals surface area contributed by atoms with Crippen molar-refractivity contribution in [2.24, 2.45) is 5.10 Å². The van der Waals surface area contributed by atoms with Gasteiger partial charge in [-0.3, -0.25) is 4.79 Å². The zero-order chi connectivity index (χ0) is 25.9. The van der Waals surface area contributed by atoms with E-state index in [1.165, 1.54) is 5.01 Å². The Morgan fingerprint density at radius 3 is 2.16 bits per heavy atom. The molecule has 1 amide bonds. The quantitative estimate of drug-likeness (QED) is 0.195. The molecule has 184 valence electrons. The highest BCUT2D eigenvalue weighted by Crippen LogP contribution is 2.37. The standard InChI is InChI=1S/C29H18Br2Cl2N2O2/c30-24-14-18(15-25(31)28(24)37-17-20-11-12-21(32)16-26(20)33)13-23-27(19-7-3-1-4-8-19)34-35(29(23)36)22-9-5-2-6-10-22/h1-16H,17H2/b23-13-. The number of carbonyl (C=O) groups excluding carboxylic acids is 1. The molecule has 1 heterocycles. The van der Waals surface area contributed by atoms with E-state index >= 15 is 0 Å². The van der Waals surface area contributed by atoms with Crippen molar-refractivity contribution in [3.05, 3.63) is 132 Å². The minimum absolute atomic E-state index is 0.199. The molecule has 4 nitrogen and oxygen atoms in total. The third kappa shape index (κ3) is 5.68. The smallest absolute Gasteiger partial charge is 0.281 e. The lowest BCUT2D eigenvalue weighted by Crippen LogP contribution is -2.21. The summed E-state index contributed by atoms with van der Waals surface area (Å²) in [6.07, 6.45) is 1.84. The van der Waals surface area contributed by atoms with Gasteiger partial charge in [-0.25, -0.2) is 0 Å². The number of anilines is 1. The molecule has 0 aromatic heterocycles. The molecule has 0 bridgehead atoms. The number of para-hydroxylation sites is 1. The zero-order valence-electron chi connectivity index (χ0n) is 19.2. The van der Waals surface area contributed by atoms with Crippen LogP contribution in [0, 0.1) is 0 Å². The van der Waals surface area contributed by atoms with Crippen molar-refractivity contribution in [3.63, 3.8) is 0 Å².